The van der Waals surface area contributed by atoms with Gasteiger partial charge in [0, 0.05) is 12.4 Å². The molecule has 0 bridgehead atoms. The highest BCUT2D eigenvalue weighted by atomic mass is 35.5. The molecule has 0 radical (unpaired) electrons. The molecule has 0 saturated carbocycles. The van der Waals surface area contributed by atoms with Gasteiger partial charge >= 0.3 is 0 Å². The molecular weight excluding hydrogens is 425 g/mol. The van der Waals surface area contributed by atoms with Crippen molar-refractivity contribution in [1.82, 2.24) is 9.97 Å². The summed E-state index contributed by atoms with van der Waals surface area (Å²) in [5.41, 5.74) is 1.79. The summed E-state index contributed by atoms with van der Waals surface area (Å²) in [6.45, 7) is 2.73. The van der Waals surface area contributed by atoms with Crippen molar-refractivity contribution in [2.75, 3.05) is 11.5 Å². The van der Waals surface area contributed by atoms with Gasteiger partial charge in [0.2, 0.25) is 0 Å². The van der Waals surface area contributed by atoms with Crippen LogP contribution in [0.3, 0.4) is 0 Å². The zero-order valence-electron chi connectivity index (χ0n) is 16.0. The second-order valence-electron chi connectivity index (χ2n) is 6.44. The first kappa shape index (κ1) is 20.3. The van der Waals surface area contributed by atoms with Crippen LogP contribution in [0.15, 0.2) is 60.9 Å². The first-order valence-corrected chi connectivity index (χ1v) is 10.4. The number of anilines is 1. The molecule has 0 aliphatic heterocycles. The van der Waals surface area contributed by atoms with E-state index in [1.165, 1.54) is 28.4 Å². The summed E-state index contributed by atoms with van der Waals surface area (Å²) in [4.78, 5) is 23.7. The third-order valence-corrected chi connectivity index (χ3v) is 5.71. The van der Waals surface area contributed by atoms with Gasteiger partial charge in [0.25, 0.3) is 5.91 Å². The van der Waals surface area contributed by atoms with Gasteiger partial charge in [-0.25, -0.2) is 9.37 Å². The van der Waals surface area contributed by atoms with Crippen molar-refractivity contribution in [3.05, 3.63) is 82.9 Å². The van der Waals surface area contributed by atoms with Crippen LogP contribution in [-0.4, -0.2) is 22.5 Å². The number of benzene rings is 2. The van der Waals surface area contributed by atoms with Crippen LogP contribution < -0.4 is 9.64 Å². The monoisotopic (exact) mass is 441 g/mol. The van der Waals surface area contributed by atoms with Crippen molar-refractivity contribution < 1.29 is 13.9 Å². The fourth-order valence-corrected chi connectivity index (χ4v) is 4.21. The van der Waals surface area contributed by atoms with Crippen LogP contribution in [0.1, 0.15) is 22.8 Å². The number of carbonyl (C=O) groups excluding carboxylic acids is 1. The molecule has 5 nitrogen and oxygen atoms in total. The van der Waals surface area contributed by atoms with Crippen LogP contribution in [0.2, 0.25) is 5.02 Å². The Balaban J connectivity index is 1.76. The van der Waals surface area contributed by atoms with Gasteiger partial charge in [0.05, 0.1) is 34.0 Å². The van der Waals surface area contributed by atoms with Gasteiger partial charge in [0.15, 0.2) is 5.13 Å². The van der Waals surface area contributed by atoms with Crippen molar-refractivity contribution in [3.8, 4) is 5.75 Å². The standard InChI is InChI=1S/C22H17ClFN3O2S/c1-2-29-16-6-8-19-20(11-16)30-22(26-19)27(13-14-4-3-9-25-12-14)21(28)17-7-5-15(24)10-18(17)23/h3-12H,2,13H2,1H3. The predicted molar refractivity (Wildman–Crippen MR) is 117 cm³/mol. The lowest BCUT2D eigenvalue weighted by atomic mass is 10.2. The van der Waals surface area contributed by atoms with Gasteiger partial charge in [-0.3, -0.25) is 14.7 Å². The minimum Gasteiger partial charge on any atom is -0.494 e. The average molecular weight is 442 g/mol. The maximum atomic E-state index is 13.5. The van der Waals surface area contributed by atoms with Crippen LogP contribution in [0, 0.1) is 5.82 Å². The van der Waals surface area contributed by atoms with Crippen LogP contribution in [0.5, 0.6) is 5.75 Å². The van der Waals surface area contributed by atoms with Gasteiger partial charge in [-0.05, 0) is 55.0 Å². The predicted octanol–water partition coefficient (Wildman–Crippen LogP) is 5.73. The minimum atomic E-state index is -0.501. The Morgan fingerprint density at radius 2 is 2.10 bits per heavy atom. The van der Waals surface area contributed by atoms with Gasteiger partial charge < -0.3 is 4.74 Å². The number of nitrogens with zero attached hydrogens (tertiary/aromatic N) is 3. The molecule has 4 rings (SSSR count). The molecule has 30 heavy (non-hydrogen) atoms. The van der Waals surface area contributed by atoms with Crippen LogP contribution in [-0.2, 0) is 6.54 Å². The van der Waals surface area contributed by atoms with Crippen molar-refractivity contribution in [2.24, 2.45) is 0 Å². The maximum Gasteiger partial charge on any atom is 0.261 e. The fourth-order valence-electron chi connectivity index (χ4n) is 2.97. The van der Waals surface area contributed by atoms with E-state index in [0.29, 0.717) is 11.7 Å². The molecule has 0 unspecified atom stereocenters. The Morgan fingerprint density at radius 3 is 2.83 bits per heavy atom. The number of hydrogen-bond acceptors (Lipinski definition) is 5. The SMILES string of the molecule is CCOc1ccc2nc(N(Cc3cccnc3)C(=O)c3ccc(F)cc3Cl)sc2c1. The summed E-state index contributed by atoms with van der Waals surface area (Å²) in [5.74, 6) is -0.126. The number of thiazole rings is 1. The number of ether oxygens (including phenoxy) is 1. The summed E-state index contributed by atoms with van der Waals surface area (Å²) >= 11 is 7.53. The number of halogens is 2. The Labute approximate surface area is 181 Å². The largest absolute Gasteiger partial charge is 0.494 e. The highest BCUT2D eigenvalue weighted by Gasteiger charge is 2.24. The molecule has 0 aliphatic rings. The van der Waals surface area contributed by atoms with E-state index in [1.54, 1.807) is 18.5 Å². The van der Waals surface area contributed by atoms with E-state index in [-0.39, 0.29) is 23.0 Å². The van der Waals surface area contributed by atoms with Crippen LogP contribution >= 0.6 is 22.9 Å². The molecule has 0 aliphatic carbocycles. The number of rotatable bonds is 6. The lowest BCUT2D eigenvalue weighted by Crippen LogP contribution is -2.30. The lowest BCUT2D eigenvalue weighted by Gasteiger charge is -2.20. The first-order chi connectivity index (χ1) is 14.5. The molecular formula is C22H17ClFN3O2S. The third-order valence-electron chi connectivity index (χ3n) is 4.36. The molecule has 0 fully saturated rings. The molecule has 2 aromatic carbocycles. The molecule has 2 heterocycles. The molecule has 4 aromatic rings. The molecule has 1 amide bonds. The van der Waals surface area contributed by atoms with E-state index in [1.807, 2.05) is 31.2 Å². The van der Waals surface area contributed by atoms with Crippen molar-refractivity contribution >= 4 is 44.2 Å². The quantitative estimate of drug-likeness (QED) is 0.383. The second-order valence-corrected chi connectivity index (χ2v) is 7.85. The second kappa shape index (κ2) is 8.77. The number of aromatic nitrogens is 2. The molecule has 8 heteroatoms. The Bertz CT molecular complexity index is 1200. The zero-order chi connectivity index (χ0) is 21.1. The van der Waals surface area contributed by atoms with Crippen LogP contribution in [0.4, 0.5) is 9.52 Å². The number of amides is 1. The summed E-state index contributed by atoms with van der Waals surface area (Å²) in [5, 5.41) is 0.559. The van der Waals surface area contributed by atoms with E-state index < -0.39 is 5.82 Å². The minimum absolute atomic E-state index is 0.0518. The lowest BCUT2D eigenvalue weighted by molar-refractivity contribution is 0.0985. The average Bonchev–Trinajstić information content (AvgIpc) is 3.15. The summed E-state index contributed by atoms with van der Waals surface area (Å²) in [6, 6.07) is 13.0. The van der Waals surface area contributed by atoms with E-state index in [0.717, 1.165) is 27.6 Å². The normalized spacial score (nSPS) is 10.9. The highest BCUT2D eigenvalue weighted by Crippen LogP contribution is 2.33. The molecule has 0 atom stereocenters. The van der Waals surface area contributed by atoms with Crippen LogP contribution in [0.25, 0.3) is 10.2 Å². The van der Waals surface area contributed by atoms with Crippen molar-refractivity contribution in [2.45, 2.75) is 13.5 Å². The smallest absolute Gasteiger partial charge is 0.261 e. The molecule has 0 spiro atoms. The van der Waals surface area contributed by atoms with E-state index in [4.69, 9.17) is 16.3 Å². The molecule has 2 aromatic heterocycles. The molecule has 0 saturated heterocycles. The van der Waals surface area contributed by atoms with Crippen molar-refractivity contribution in [3.63, 3.8) is 0 Å². The Kier molecular flexibility index (Phi) is 5.92. The van der Waals surface area contributed by atoms with E-state index in [2.05, 4.69) is 9.97 Å². The number of pyridine rings is 1. The van der Waals surface area contributed by atoms with Gasteiger partial charge in [-0.15, -0.1) is 0 Å². The Hall–Kier alpha value is -3.03. The van der Waals surface area contributed by atoms with Gasteiger partial charge in [-0.1, -0.05) is 29.0 Å². The zero-order valence-corrected chi connectivity index (χ0v) is 17.6. The summed E-state index contributed by atoms with van der Waals surface area (Å²) < 4.78 is 19.9. The highest BCUT2D eigenvalue weighted by molar-refractivity contribution is 7.22. The van der Waals surface area contributed by atoms with Gasteiger partial charge in [0.1, 0.15) is 11.6 Å². The van der Waals surface area contributed by atoms with E-state index in [9.17, 15) is 9.18 Å². The van der Waals surface area contributed by atoms with Gasteiger partial charge in [-0.2, -0.15) is 0 Å². The number of fused-ring (bicyclic) bond motifs is 1. The van der Waals surface area contributed by atoms with E-state index >= 15 is 0 Å². The molecule has 152 valence electrons. The summed E-state index contributed by atoms with van der Waals surface area (Å²) in [6.07, 6.45) is 3.35. The number of carbonyl (C=O) groups is 1. The third kappa shape index (κ3) is 4.27. The summed E-state index contributed by atoms with van der Waals surface area (Å²) in [7, 11) is 0. The number of hydrogen-bond donors (Lipinski definition) is 0. The Morgan fingerprint density at radius 1 is 1.23 bits per heavy atom. The first-order valence-electron chi connectivity index (χ1n) is 9.24. The fraction of sp³-hybridized carbons (Fsp3) is 0.136. The topological polar surface area (TPSA) is 55.3 Å². The maximum absolute atomic E-state index is 13.5. The van der Waals surface area contributed by atoms with Crippen molar-refractivity contribution in [1.29, 1.82) is 0 Å². The molecule has 0 N–H and O–H groups in total.